The lowest BCUT2D eigenvalue weighted by atomic mass is 9.97. The summed E-state index contributed by atoms with van der Waals surface area (Å²) in [5.74, 6) is 0.187. The molecule has 3 aromatic rings. The van der Waals surface area contributed by atoms with Crippen LogP contribution in [0.25, 0.3) is 0 Å². The molecule has 2 unspecified atom stereocenters. The summed E-state index contributed by atoms with van der Waals surface area (Å²) in [6.45, 7) is 2.13. The summed E-state index contributed by atoms with van der Waals surface area (Å²) < 4.78 is 36.2. The Morgan fingerprint density at radius 1 is 1.02 bits per heavy atom. The first-order valence-corrected chi connectivity index (χ1v) is 18.1. The van der Waals surface area contributed by atoms with Gasteiger partial charge in [0, 0.05) is 25.0 Å². The van der Waals surface area contributed by atoms with Crippen LogP contribution in [-0.4, -0.2) is 80.7 Å². The Balaban J connectivity index is 1.18. The van der Waals surface area contributed by atoms with Crippen molar-refractivity contribution >= 4 is 35.2 Å². The van der Waals surface area contributed by atoms with Gasteiger partial charge >= 0.3 is 6.09 Å². The molecule has 2 atom stereocenters. The highest BCUT2D eigenvalue weighted by Gasteiger charge is 2.50. The van der Waals surface area contributed by atoms with Crippen molar-refractivity contribution in [2.45, 2.75) is 89.4 Å². The fraction of sp³-hybridized carbons (Fsp3) is 0.472. The minimum Gasteiger partial charge on any atom is -0.473 e. The van der Waals surface area contributed by atoms with Gasteiger partial charge in [0.25, 0.3) is 11.8 Å². The predicted molar refractivity (Wildman–Crippen MR) is 184 cm³/mol. The van der Waals surface area contributed by atoms with Crippen molar-refractivity contribution < 1.29 is 48.0 Å². The molecule has 2 aromatic carbocycles. The van der Waals surface area contributed by atoms with Gasteiger partial charge in [-0.25, -0.2) is 4.79 Å². The molecule has 1 aromatic heterocycles. The van der Waals surface area contributed by atoms with Crippen LogP contribution in [0.15, 0.2) is 58.3 Å². The molecule has 6 rings (SSSR count). The molecular weight excluding hydrogens is 722 g/mol. The van der Waals surface area contributed by atoms with Crippen LogP contribution in [-0.2, 0) is 27.3 Å². The summed E-state index contributed by atoms with van der Waals surface area (Å²) in [6.07, 6.45) is 4.90. The Morgan fingerprint density at radius 3 is 2.50 bits per heavy atom. The number of carbonyl (C=O) groups is 2. The molecule has 13 nitrogen and oxygen atoms in total. The first-order chi connectivity index (χ1) is 25.1. The van der Waals surface area contributed by atoms with Crippen molar-refractivity contribution in [2.75, 3.05) is 19.8 Å². The number of fused-ring (bicyclic) bond motifs is 2. The quantitative estimate of drug-likeness (QED) is 0.105. The number of carbonyl (C=O) groups excluding carboxylic acids is 2. The largest absolute Gasteiger partial charge is 0.473 e. The molecule has 2 aliphatic heterocycles. The van der Waals surface area contributed by atoms with Crippen LogP contribution in [0.2, 0.25) is 10.0 Å². The molecule has 280 valence electrons. The topological polar surface area (TPSA) is 147 Å². The van der Waals surface area contributed by atoms with E-state index in [0.29, 0.717) is 72.1 Å². The first-order valence-electron chi connectivity index (χ1n) is 17.3. The van der Waals surface area contributed by atoms with Gasteiger partial charge in [-0.2, -0.15) is 4.39 Å². The van der Waals surface area contributed by atoms with E-state index in [9.17, 15) is 14.0 Å². The van der Waals surface area contributed by atoms with Crippen molar-refractivity contribution in [1.82, 2.24) is 20.3 Å². The third kappa shape index (κ3) is 9.17. The van der Waals surface area contributed by atoms with Crippen LogP contribution in [0.1, 0.15) is 68.3 Å². The fourth-order valence-electron chi connectivity index (χ4n) is 6.60. The van der Waals surface area contributed by atoms with Crippen LogP contribution < -0.4 is 9.47 Å². The third-order valence-electron chi connectivity index (χ3n) is 9.37. The maximum absolute atomic E-state index is 14.7. The Morgan fingerprint density at radius 2 is 1.79 bits per heavy atom. The SMILES string of the molecule is Cc1onc(OCCCc2ccc(OC3=C(C(=O)N(Cc4cccc(Cl)c4Cl)C4CC4)C4CCC(C3)N4C(=O)OCCCCON(O)O)cc2)c1F. The summed E-state index contributed by atoms with van der Waals surface area (Å²) >= 11 is 12.9. The van der Waals surface area contributed by atoms with E-state index in [-0.39, 0.29) is 61.4 Å². The molecule has 2 fully saturated rings. The highest BCUT2D eigenvalue weighted by atomic mass is 35.5. The van der Waals surface area contributed by atoms with Crippen LogP contribution in [0, 0.1) is 12.7 Å². The van der Waals surface area contributed by atoms with Gasteiger partial charge < -0.3 is 23.6 Å². The number of hydrogen-bond acceptors (Lipinski definition) is 11. The standard InChI is InChI=1S/C36H41Cl2FN4O9/c1-22-33(39)34(40-52-22)48-18-5-6-23-9-14-27(15-10-23)51-30-20-26-13-16-29(42(26)36(45)49-17-2-3-19-50-43(46)47)31(30)35(44)41(25-11-12-25)21-24-7-4-8-28(37)32(24)38/h4,7-10,14-15,25-26,29,46-47H,2-3,5-6,11-13,16-21H2,1H3. The molecule has 0 radical (unpaired) electrons. The molecule has 0 spiro atoms. The second-order valence-corrected chi connectivity index (χ2v) is 13.8. The van der Waals surface area contributed by atoms with Crippen LogP contribution in [0.5, 0.6) is 11.6 Å². The summed E-state index contributed by atoms with van der Waals surface area (Å²) in [4.78, 5) is 36.2. The Labute approximate surface area is 310 Å². The van der Waals surface area contributed by atoms with Gasteiger partial charge in [-0.1, -0.05) is 47.5 Å². The van der Waals surface area contributed by atoms with Gasteiger partial charge in [-0.05, 0) is 92.8 Å². The van der Waals surface area contributed by atoms with Crippen molar-refractivity contribution in [2.24, 2.45) is 0 Å². The molecule has 2 N–H and O–H groups in total. The van der Waals surface area contributed by atoms with Gasteiger partial charge in [0.05, 0.1) is 46.9 Å². The normalized spacial score (nSPS) is 18.2. The Bertz CT molecular complexity index is 1750. The second kappa shape index (κ2) is 17.3. The lowest BCUT2D eigenvalue weighted by Gasteiger charge is -2.38. The van der Waals surface area contributed by atoms with Crippen LogP contribution in [0.3, 0.4) is 0 Å². The highest BCUT2D eigenvalue weighted by molar-refractivity contribution is 6.42. The number of aryl methyl sites for hydroxylation is 2. The predicted octanol–water partition coefficient (Wildman–Crippen LogP) is 7.43. The molecule has 2 bridgehead atoms. The van der Waals surface area contributed by atoms with Crippen molar-refractivity contribution in [3.8, 4) is 11.6 Å². The molecule has 1 saturated carbocycles. The zero-order valence-electron chi connectivity index (χ0n) is 28.6. The highest BCUT2D eigenvalue weighted by Crippen LogP contribution is 2.43. The maximum atomic E-state index is 14.7. The number of ether oxygens (including phenoxy) is 3. The van der Waals surface area contributed by atoms with Gasteiger partial charge in [-0.3, -0.25) is 24.9 Å². The van der Waals surface area contributed by atoms with E-state index in [1.165, 1.54) is 6.92 Å². The van der Waals surface area contributed by atoms with E-state index < -0.39 is 18.0 Å². The van der Waals surface area contributed by atoms with E-state index in [4.69, 9.17) is 52.4 Å². The minimum absolute atomic E-state index is 0.0138. The average Bonchev–Trinajstić information content (AvgIpc) is 3.85. The van der Waals surface area contributed by atoms with Gasteiger partial charge in [-0.15, -0.1) is 0 Å². The van der Waals surface area contributed by atoms with E-state index >= 15 is 0 Å². The number of benzene rings is 2. The maximum Gasteiger partial charge on any atom is 0.410 e. The number of unbranched alkanes of at least 4 members (excludes halogenated alkanes) is 1. The number of nitrogens with zero attached hydrogens (tertiary/aromatic N) is 4. The number of halogens is 3. The number of aromatic nitrogens is 1. The Hall–Kier alpha value is -3.92. The molecule has 2 amide bonds. The molecule has 1 aliphatic carbocycles. The van der Waals surface area contributed by atoms with Gasteiger partial charge in [0.2, 0.25) is 5.82 Å². The number of hydrogen-bond donors (Lipinski definition) is 2. The summed E-state index contributed by atoms with van der Waals surface area (Å²) in [5, 5.41) is 21.4. The van der Waals surface area contributed by atoms with Gasteiger partial charge in [0.1, 0.15) is 11.5 Å². The van der Waals surface area contributed by atoms with Crippen molar-refractivity contribution in [3.63, 3.8) is 0 Å². The molecule has 3 heterocycles. The van der Waals surface area contributed by atoms with E-state index in [0.717, 1.165) is 24.0 Å². The van der Waals surface area contributed by atoms with Gasteiger partial charge in [0.15, 0.2) is 5.76 Å². The minimum atomic E-state index is -0.597. The number of amides is 2. The average molecular weight is 764 g/mol. The van der Waals surface area contributed by atoms with Crippen molar-refractivity contribution in [1.29, 1.82) is 0 Å². The van der Waals surface area contributed by atoms with Crippen LogP contribution >= 0.6 is 23.2 Å². The summed E-state index contributed by atoms with van der Waals surface area (Å²) in [5.41, 5.74) is 2.17. The van der Waals surface area contributed by atoms with E-state index in [1.807, 2.05) is 30.3 Å². The monoisotopic (exact) mass is 762 g/mol. The molecular formula is C36H41Cl2FN4O9. The first kappa shape index (κ1) is 37.8. The molecule has 16 heteroatoms. The molecule has 1 saturated heterocycles. The number of rotatable bonds is 17. The van der Waals surface area contributed by atoms with E-state index in [1.54, 1.807) is 21.9 Å². The summed E-state index contributed by atoms with van der Waals surface area (Å²) in [6, 6.07) is 12.1. The Kier molecular flexibility index (Phi) is 12.6. The van der Waals surface area contributed by atoms with Crippen LogP contribution in [0.4, 0.5) is 9.18 Å². The molecule has 3 aliphatic rings. The van der Waals surface area contributed by atoms with E-state index in [2.05, 4.69) is 9.99 Å². The lowest BCUT2D eigenvalue weighted by Crippen LogP contribution is -2.50. The zero-order chi connectivity index (χ0) is 36.8. The molecule has 52 heavy (non-hydrogen) atoms. The third-order valence-corrected chi connectivity index (χ3v) is 10.2. The fourth-order valence-corrected chi connectivity index (χ4v) is 6.98. The van der Waals surface area contributed by atoms with Crippen molar-refractivity contribution in [3.05, 3.63) is 86.5 Å². The zero-order valence-corrected chi connectivity index (χ0v) is 30.2. The smallest absolute Gasteiger partial charge is 0.410 e. The second-order valence-electron chi connectivity index (χ2n) is 13.0. The summed E-state index contributed by atoms with van der Waals surface area (Å²) in [7, 11) is 0. The lowest BCUT2D eigenvalue weighted by molar-refractivity contribution is -0.492.